The van der Waals surface area contributed by atoms with Gasteiger partial charge in [0, 0.05) is 50.7 Å². The van der Waals surface area contributed by atoms with Crippen molar-refractivity contribution in [2.24, 2.45) is 0 Å². The van der Waals surface area contributed by atoms with E-state index in [-0.39, 0.29) is 5.60 Å². The molecule has 6 rings (SSSR count). The van der Waals surface area contributed by atoms with Crippen LogP contribution in [0, 0.1) is 0 Å². The molecule has 0 unspecified atom stereocenters. The third-order valence-electron chi connectivity index (χ3n) is 6.51. The Hall–Kier alpha value is -2.72. The lowest BCUT2D eigenvalue weighted by Crippen LogP contribution is -2.32. The number of nitrogens with one attached hydrogen (secondary N) is 2. The highest BCUT2D eigenvalue weighted by molar-refractivity contribution is 5.85. The first-order chi connectivity index (χ1) is 14.8. The van der Waals surface area contributed by atoms with Crippen LogP contribution in [0.5, 0.6) is 0 Å². The van der Waals surface area contributed by atoms with Crippen molar-refractivity contribution < 1.29 is 9.47 Å². The number of anilines is 2. The van der Waals surface area contributed by atoms with Gasteiger partial charge in [0.1, 0.15) is 17.7 Å². The van der Waals surface area contributed by atoms with Gasteiger partial charge in [-0.05, 0) is 32.1 Å². The fourth-order valence-corrected chi connectivity index (χ4v) is 4.93. The predicted molar refractivity (Wildman–Crippen MR) is 111 cm³/mol. The minimum absolute atomic E-state index is 0.0380. The molecule has 3 aliphatic rings. The third-order valence-corrected chi connectivity index (χ3v) is 6.51. The topological polar surface area (TPSA) is 105 Å². The molecule has 0 bridgehead atoms. The van der Waals surface area contributed by atoms with Crippen molar-refractivity contribution in [3.05, 3.63) is 18.7 Å². The number of hydrogen-bond acceptors (Lipinski definition) is 8. The largest absolute Gasteiger partial charge is 0.381 e. The molecule has 158 valence electrons. The second-order valence-corrected chi connectivity index (χ2v) is 8.47. The molecular weight excluding hydrogens is 384 g/mol. The Balaban J connectivity index is 1.40. The lowest BCUT2D eigenvalue weighted by Gasteiger charge is -2.25. The SMILES string of the molecule is c1n[nH]cc1-c1ncn2nc(NC3CCOCC3)nc2c1N1CC[C@]2(CCCO2)C1. The number of fused-ring (bicyclic) bond motifs is 1. The molecule has 3 aromatic heterocycles. The molecule has 0 radical (unpaired) electrons. The predicted octanol–water partition coefficient (Wildman–Crippen LogP) is 1.86. The van der Waals surface area contributed by atoms with E-state index in [0.29, 0.717) is 12.0 Å². The van der Waals surface area contributed by atoms with E-state index in [9.17, 15) is 0 Å². The molecule has 0 amide bonds. The van der Waals surface area contributed by atoms with Gasteiger partial charge < -0.3 is 19.7 Å². The quantitative estimate of drug-likeness (QED) is 0.672. The van der Waals surface area contributed by atoms with Crippen LogP contribution in [-0.2, 0) is 9.47 Å². The molecule has 3 aromatic rings. The summed E-state index contributed by atoms with van der Waals surface area (Å²) in [5.41, 5.74) is 3.59. The first kappa shape index (κ1) is 18.1. The number of aromatic nitrogens is 6. The van der Waals surface area contributed by atoms with Gasteiger partial charge in [-0.15, -0.1) is 5.10 Å². The summed E-state index contributed by atoms with van der Waals surface area (Å²) in [4.78, 5) is 12.0. The van der Waals surface area contributed by atoms with Crippen molar-refractivity contribution in [3.8, 4) is 11.3 Å². The summed E-state index contributed by atoms with van der Waals surface area (Å²) in [5.74, 6) is 0.639. The zero-order valence-electron chi connectivity index (χ0n) is 16.9. The fourth-order valence-electron chi connectivity index (χ4n) is 4.93. The molecule has 0 aromatic carbocycles. The van der Waals surface area contributed by atoms with E-state index in [2.05, 4.69) is 25.5 Å². The molecule has 3 fully saturated rings. The Labute approximate surface area is 174 Å². The average molecular weight is 410 g/mol. The summed E-state index contributed by atoms with van der Waals surface area (Å²) in [6, 6.07) is 0.336. The zero-order valence-corrected chi connectivity index (χ0v) is 16.9. The van der Waals surface area contributed by atoms with Gasteiger partial charge in [-0.2, -0.15) is 14.6 Å². The number of aromatic amines is 1. The molecule has 0 saturated carbocycles. The summed E-state index contributed by atoms with van der Waals surface area (Å²) in [7, 11) is 0. The summed E-state index contributed by atoms with van der Waals surface area (Å²) >= 11 is 0. The van der Waals surface area contributed by atoms with E-state index in [0.717, 1.165) is 87.6 Å². The van der Waals surface area contributed by atoms with Gasteiger partial charge in [0.2, 0.25) is 5.95 Å². The van der Waals surface area contributed by atoms with E-state index in [1.807, 2.05) is 6.20 Å². The Bertz CT molecular complexity index is 1020. The van der Waals surface area contributed by atoms with Crippen LogP contribution in [0.4, 0.5) is 11.6 Å². The number of nitrogens with zero attached hydrogens (tertiary/aromatic N) is 6. The second kappa shape index (κ2) is 7.21. The Kier molecular flexibility index (Phi) is 4.34. The van der Waals surface area contributed by atoms with E-state index in [1.54, 1.807) is 17.0 Å². The standard InChI is InChI=1S/C20H26N8O2/c1-4-20(30-7-1)5-6-27(12-20)17-16(14-10-22-23-11-14)21-13-28-18(17)25-19(26-28)24-15-2-8-29-9-3-15/h10-11,13,15H,1-9,12H2,(H,22,23)(H,24,26)/t20-/m1/s1. The van der Waals surface area contributed by atoms with Crippen molar-refractivity contribution >= 4 is 17.3 Å². The second-order valence-electron chi connectivity index (χ2n) is 8.47. The van der Waals surface area contributed by atoms with Crippen LogP contribution in [0.2, 0.25) is 0 Å². The highest BCUT2D eigenvalue weighted by Gasteiger charge is 2.43. The normalized spacial score (nSPS) is 25.0. The maximum atomic E-state index is 6.15. The van der Waals surface area contributed by atoms with E-state index >= 15 is 0 Å². The third kappa shape index (κ3) is 3.10. The monoisotopic (exact) mass is 410 g/mol. The minimum Gasteiger partial charge on any atom is -0.381 e. The highest BCUT2D eigenvalue weighted by Crippen LogP contribution is 2.41. The van der Waals surface area contributed by atoms with Crippen molar-refractivity contribution in [3.63, 3.8) is 0 Å². The van der Waals surface area contributed by atoms with Crippen LogP contribution >= 0.6 is 0 Å². The van der Waals surface area contributed by atoms with Crippen molar-refractivity contribution in [1.82, 2.24) is 29.8 Å². The van der Waals surface area contributed by atoms with Crippen LogP contribution in [0.15, 0.2) is 18.7 Å². The maximum absolute atomic E-state index is 6.15. The van der Waals surface area contributed by atoms with Crippen molar-refractivity contribution in [2.45, 2.75) is 43.7 Å². The van der Waals surface area contributed by atoms with Gasteiger partial charge in [0.25, 0.3) is 0 Å². The minimum atomic E-state index is -0.0380. The maximum Gasteiger partial charge on any atom is 0.243 e. The van der Waals surface area contributed by atoms with E-state index in [4.69, 9.17) is 19.4 Å². The number of hydrogen-bond donors (Lipinski definition) is 2. The van der Waals surface area contributed by atoms with Crippen LogP contribution in [0.3, 0.4) is 0 Å². The Morgan fingerprint density at radius 2 is 2.13 bits per heavy atom. The number of ether oxygens (including phenoxy) is 2. The molecule has 10 heteroatoms. The first-order valence-electron chi connectivity index (χ1n) is 10.8. The molecule has 1 spiro atoms. The average Bonchev–Trinajstić information content (AvgIpc) is 3.57. The molecule has 6 heterocycles. The Morgan fingerprint density at radius 3 is 2.93 bits per heavy atom. The van der Waals surface area contributed by atoms with E-state index < -0.39 is 0 Å². The molecule has 2 N–H and O–H groups in total. The molecule has 30 heavy (non-hydrogen) atoms. The zero-order chi connectivity index (χ0) is 20.0. The fraction of sp³-hybridized carbons (Fsp3) is 0.600. The lowest BCUT2D eigenvalue weighted by molar-refractivity contribution is 0.0232. The van der Waals surface area contributed by atoms with E-state index in [1.165, 1.54) is 0 Å². The van der Waals surface area contributed by atoms with Gasteiger partial charge in [0.15, 0.2) is 5.65 Å². The molecule has 1 atom stereocenters. The summed E-state index contributed by atoms with van der Waals surface area (Å²) in [5, 5.41) is 15.2. The van der Waals surface area contributed by atoms with Crippen molar-refractivity contribution in [1.29, 1.82) is 0 Å². The van der Waals surface area contributed by atoms with Gasteiger partial charge in [-0.25, -0.2) is 4.98 Å². The molecular formula is C20H26N8O2. The van der Waals surface area contributed by atoms with Crippen molar-refractivity contribution in [2.75, 3.05) is 43.1 Å². The number of rotatable bonds is 4. The highest BCUT2D eigenvalue weighted by atomic mass is 16.5. The Morgan fingerprint density at radius 1 is 1.20 bits per heavy atom. The van der Waals surface area contributed by atoms with Crippen LogP contribution in [0.1, 0.15) is 32.1 Å². The van der Waals surface area contributed by atoms with Gasteiger partial charge in [-0.3, -0.25) is 5.10 Å². The summed E-state index contributed by atoms with van der Waals surface area (Å²) in [6.07, 6.45) is 10.6. The van der Waals surface area contributed by atoms with Crippen LogP contribution in [-0.4, -0.2) is 74.3 Å². The van der Waals surface area contributed by atoms with Crippen LogP contribution < -0.4 is 10.2 Å². The summed E-state index contributed by atoms with van der Waals surface area (Å²) < 4.78 is 13.4. The molecule has 3 saturated heterocycles. The molecule has 10 nitrogen and oxygen atoms in total. The molecule has 3 aliphatic heterocycles. The first-order valence-corrected chi connectivity index (χ1v) is 10.8. The number of H-pyrrole nitrogens is 1. The summed E-state index contributed by atoms with van der Waals surface area (Å²) in [6.45, 7) is 4.18. The van der Waals surface area contributed by atoms with Gasteiger partial charge >= 0.3 is 0 Å². The lowest BCUT2D eigenvalue weighted by atomic mass is 10.00. The van der Waals surface area contributed by atoms with Gasteiger partial charge in [-0.1, -0.05) is 0 Å². The van der Waals surface area contributed by atoms with Gasteiger partial charge in [0.05, 0.1) is 11.8 Å². The smallest absolute Gasteiger partial charge is 0.243 e. The van der Waals surface area contributed by atoms with Crippen LogP contribution in [0.25, 0.3) is 16.9 Å². The molecule has 0 aliphatic carbocycles.